The van der Waals surface area contributed by atoms with Crippen LogP contribution in [0.2, 0.25) is 0 Å². The van der Waals surface area contributed by atoms with Crippen LogP contribution in [0.5, 0.6) is 0 Å². The normalized spacial score (nSPS) is 10.4. The number of rotatable bonds is 5. The standard InChI is InChI=1S/C10H17N3OS/c1-8-9(7-14)10(13(3)11-8)12(2)5-6-15-4/h7H,5-6H2,1-4H3. The van der Waals surface area contributed by atoms with Gasteiger partial charge >= 0.3 is 0 Å². The van der Waals surface area contributed by atoms with Crippen LogP contribution in [0.3, 0.4) is 0 Å². The van der Waals surface area contributed by atoms with E-state index in [2.05, 4.69) is 16.3 Å². The Balaban J connectivity index is 2.96. The van der Waals surface area contributed by atoms with Crippen LogP contribution >= 0.6 is 11.8 Å². The highest BCUT2D eigenvalue weighted by Gasteiger charge is 2.15. The van der Waals surface area contributed by atoms with E-state index in [1.165, 1.54) is 0 Å². The van der Waals surface area contributed by atoms with E-state index in [0.717, 1.165) is 30.1 Å². The third-order valence-corrected chi connectivity index (χ3v) is 2.94. The third kappa shape index (κ3) is 2.53. The lowest BCUT2D eigenvalue weighted by Gasteiger charge is -2.19. The summed E-state index contributed by atoms with van der Waals surface area (Å²) >= 11 is 1.79. The zero-order valence-electron chi connectivity index (χ0n) is 9.65. The molecule has 0 aromatic carbocycles. The Morgan fingerprint density at radius 1 is 1.60 bits per heavy atom. The zero-order valence-corrected chi connectivity index (χ0v) is 10.5. The number of aryl methyl sites for hydroxylation is 2. The molecule has 1 aromatic rings. The highest BCUT2D eigenvalue weighted by molar-refractivity contribution is 7.98. The number of aldehydes is 1. The number of anilines is 1. The summed E-state index contributed by atoms with van der Waals surface area (Å²) in [6.45, 7) is 2.77. The molecule has 0 aliphatic carbocycles. The summed E-state index contributed by atoms with van der Waals surface area (Å²) in [5, 5.41) is 4.25. The molecule has 0 saturated carbocycles. The summed E-state index contributed by atoms with van der Waals surface area (Å²) in [5.74, 6) is 1.94. The molecule has 0 amide bonds. The van der Waals surface area contributed by atoms with Crippen LogP contribution in [-0.2, 0) is 7.05 Å². The van der Waals surface area contributed by atoms with Crippen LogP contribution in [-0.4, -0.2) is 41.7 Å². The average molecular weight is 227 g/mol. The van der Waals surface area contributed by atoms with Crippen molar-refractivity contribution >= 4 is 23.9 Å². The molecule has 0 saturated heterocycles. The molecule has 1 heterocycles. The predicted molar refractivity (Wildman–Crippen MR) is 65.0 cm³/mol. The van der Waals surface area contributed by atoms with Gasteiger partial charge in [-0.1, -0.05) is 0 Å². The predicted octanol–water partition coefficient (Wildman–Crippen LogP) is 1.34. The molecule has 0 bridgehead atoms. The molecule has 1 aromatic heterocycles. The van der Waals surface area contributed by atoms with Crippen molar-refractivity contribution < 1.29 is 4.79 Å². The number of carbonyl (C=O) groups excluding carboxylic acids is 1. The molecule has 84 valence electrons. The van der Waals surface area contributed by atoms with Crippen LogP contribution in [0, 0.1) is 6.92 Å². The molecule has 0 radical (unpaired) electrons. The third-order valence-electron chi connectivity index (χ3n) is 2.35. The van der Waals surface area contributed by atoms with Gasteiger partial charge in [-0.3, -0.25) is 9.48 Å². The summed E-state index contributed by atoms with van der Waals surface area (Å²) in [5.41, 5.74) is 1.49. The summed E-state index contributed by atoms with van der Waals surface area (Å²) in [7, 11) is 3.85. The lowest BCUT2D eigenvalue weighted by atomic mass is 10.2. The Morgan fingerprint density at radius 2 is 2.27 bits per heavy atom. The van der Waals surface area contributed by atoms with Gasteiger partial charge in [0.1, 0.15) is 5.82 Å². The van der Waals surface area contributed by atoms with E-state index in [1.54, 1.807) is 16.4 Å². The first-order valence-electron chi connectivity index (χ1n) is 4.80. The van der Waals surface area contributed by atoms with Gasteiger partial charge in [0.25, 0.3) is 0 Å². The van der Waals surface area contributed by atoms with Crippen molar-refractivity contribution in [3.63, 3.8) is 0 Å². The number of aromatic nitrogens is 2. The lowest BCUT2D eigenvalue weighted by Crippen LogP contribution is -2.23. The molecule has 0 atom stereocenters. The fourth-order valence-corrected chi connectivity index (χ4v) is 2.04. The van der Waals surface area contributed by atoms with Crippen molar-refractivity contribution in [3.05, 3.63) is 11.3 Å². The Hall–Kier alpha value is -0.970. The van der Waals surface area contributed by atoms with Crippen molar-refractivity contribution in [2.24, 2.45) is 7.05 Å². The quantitative estimate of drug-likeness (QED) is 0.712. The van der Waals surface area contributed by atoms with E-state index in [0.29, 0.717) is 5.56 Å². The fourth-order valence-electron chi connectivity index (χ4n) is 1.59. The first-order valence-corrected chi connectivity index (χ1v) is 6.20. The van der Waals surface area contributed by atoms with Crippen molar-refractivity contribution in [3.8, 4) is 0 Å². The largest absolute Gasteiger partial charge is 0.358 e. The minimum absolute atomic E-state index is 0.695. The van der Waals surface area contributed by atoms with E-state index >= 15 is 0 Å². The summed E-state index contributed by atoms with van der Waals surface area (Å²) in [6.07, 6.45) is 2.95. The maximum atomic E-state index is 11.0. The van der Waals surface area contributed by atoms with Crippen LogP contribution in [0.1, 0.15) is 16.1 Å². The minimum atomic E-state index is 0.695. The van der Waals surface area contributed by atoms with Gasteiger partial charge in [-0.25, -0.2) is 0 Å². The Morgan fingerprint density at radius 3 is 2.80 bits per heavy atom. The Bertz CT molecular complexity index is 349. The molecular formula is C10H17N3OS. The van der Waals surface area contributed by atoms with Crippen molar-refractivity contribution in [1.29, 1.82) is 0 Å². The summed E-state index contributed by atoms with van der Waals surface area (Å²) in [6, 6.07) is 0. The first-order chi connectivity index (χ1) is 7.11. The smallest absolute Gasteiger partial charge is 0.155 e. The molecule has 0 unspecified atom stereocenters. The van der Waals surface area contributed by atoms with E-state index in [1.807, 2.05) is 21.0 Å². The van der Waals surface area contributed by atoms with Crippen molar-refractivity contribution in [2.45, 2.75) is 6.92 Å². The van der Waals surface area contributed by atoms with Crippen LogP contribution in [0.15, 0.2) is 0 Å². The van der Waals surface area contributed by atoms with Gasteiger partial charge in [-0.2, -0.15) is 16.9 Å². The second kappa shape index (κ2) is 5.21. The average Bonchev–Trinajstić information content (AvgIpc) is 2.49. The SMILES string of the molecule is CSCCN(C)c1c(C=O)c(C)nn1C. The van der Waals surface area contributed by atoms with Gasteiger partial charge < -0.3 is 4.90 Å². The molecule has 4 nitrogen and oxygen atoms in total. The molecule has 0 spiro atoms. The molecule has 15 heavy (non-hydrogen) atoms. The van der Waals surface area contributed by atoms with Gasteiger partial charge in [-0.15, -0.1) is 0 Å². The zero-order chi connectivity index (χ0) is 11.4. The Kier molecular flexibility index (Phi) is 4.20. The maximum Gasteiger partial charge on any atom is 0.155 e. The monoisotopic (exact) mass is 227 g/mol. The van der Waals surface area contributed by atoms with Gasteiger partial charge in [0, 0.05) is 26.4 Å². The maximum absolute atomic E-state index is 11.0. The topological polar surface area (TPSA) is 38.1 Å². The van der Waals surface area contributed by atoms with E-state index in [-0.39, 0.29) is 0 Å². The molecule has 5 heteroatoms. The molecule has 1 rings (SSSR count). The van der Waals surface area contributed by atoms with Crippen LogP contribution in [0.4, 0.5) is 5.82 Å². The van der Waals surface area contributed by atoms with Crippen molar-refractivity contribution in [1.82, 2.24) is 9.78 Å². The van der Waals surface area contributed by atoms with Gasteiger partial charge in [0.15, 0.2) is 6.29 Å². The minimum Gasteiger partial charge on any atom is -0.358 e. The van der Waals surface area contributed by atoms with E-state index in [4.69, 9.17) is 0 Å². The number of nitrogens with zero attached hydrogens (tertiary/aromatic N) is 3. The first kappa shape index (κ1) is 12.1. The summed E-state index contributed by atoms with van der Waals surface area (Å²) in [4.78, 5) is 13.0. The second-order valence-corrected chi connectivity index (χ2v) is 4.46. The molecule has 0 aliphatic rings. The number of thioether (sulfide) groups is 1. The highest BCUT2D eigenvalue weighted by Crippen LogP contribution is 2.20. The lowest BCUT2D eigenvalue weighted by molar-refractivity contribution is 0.112. The number of hydrogen-bond donors (Lipinski definition) is 0. The van der Waals surface area contributed by atoms with Gasteiger partial charge in [-0.05, 0) is 13.2 Å². The van der Waals surface area contributed by atoms with E-state index in [9.17, 15) is 4.79 Å². The molecular weight excluding hydrogens is 210 g/mol. The van der Waals surface area contributed by atoms with Crippen LogP contribution in [0.25, 0.3) is 0 Å². The fraction of sp³-hybridized carbons (Fsp3) is 0.600. The van der Waals surface area contributed by atoms with Crippen molar-refractivity contribution in [2.75, 3.05) is 30.5 Å². The number of hydrogen-bond acceptors (Lipinski definition) is 4. The van der Waals surface area contributed by atoms with E-state index < -0.39 is 0 Å². The summed E-state index contributed by atoms with van der Waals surface area (Å²) < 4.78 is 1.76. The molecule has 0 fully saturated rings. The number of carbonyl (C=O) groups is 1. The van der Waals surface area contributed by atoms with Gasteiger partial charge in [0.2, 0.25) is 0 Å². The van der Waals surface area contributed by atoms with Gasteiger partial charge in [0.05, 0.1) is 11.3 Å². The second-order valence-electron chi connectivity index (χ2n) is 3.48. The Labute approximate surface area is 94.6 Å². The van der Waals surface area contributed by atoms with Crippen LogP contribution < -0.4 is 4.90 Å². The highest BCUT2D eigenvalue weighted by atomic mass is 32.2. The molecule has 0 N–H and O–H groups in total. The molecule has 0 aliphatic heterocycles.